The SMILES string of the molecule is CCC1Cc2ccc(NC=O)cc2-c2ccccc21. The Morgan fingerprint density at radius 2 is 2.05 bits per heavy atom. The van der Waals surface area contributed by atoms with Gasteiger partial charge in [-0.15, -0.1) is 0 Å². The van der Waals surface area contributed by atoms with E-state index >= 15 is 0 Å². The third-order valence-electron chi connectivity index (χ3n) is 3.99. The van der Waals surface area contributed by atoms with Gasteiger partial charge in [0.25, 0.3) is 0 Å². The van der Waals surface area contributed by atoms with Gasteiger partial charge in [0.1, 0.15) is 0 Å². The van der Waals surface area contributed by atoms with Crippen LogP contribution < -0.4 is 5.32 Å². The molecule has 19 heavy (non-hydrogen) atoms. The lowest BCUT2D eigenvalue weighted by atomic mass is 9.77. The van der Waals surface area contributed by atoms with E-state index in [-0.39, 0.29) is 0 Å². The van der Waals surface area contributed by atoms with Gasteiger partial charge in [-0.05, 0) is 53.1 Å². The molecule has 1 N–H and O–H groups in total. The van der Waals surface area contributed by atoms with Crippen LogP contribution >= 0.6 is 0 Å². The van der Waals surface area contributed by atoms with E-state index in [9.17, 15) is 4.79 Å². The number of fused-ring (bicyclic) bond motifs is 3. The molecule has 0 heterocycles. The van der Waals surface area contributed by atoms with Crippen molar-refractivity contribution in [3.8, 4) is 11.1 Å². The van der Waals surface area contributed by atoms with Crippen molar-refractivity contribution in [2.75, 3.05) is 5.32 Å². The number of nitrogens with one attached hydrogen (secondary N) is 1. The van der Waals surface area contributed by atoms with E-state index in [1.54, 1.807) is 0 Å². The highest BCUT2D eigenvalue weighted by atomic mass is 16.1. The van der Waals surface area contributed by atoms with Crippen molar-refractivity contribution in [2.24, 2.45) is 0 Å². The average molecular weight is 251 g/mol. The molecule has 0 bridgehead atoms. The van der Waals surface area contributed by atoms with Crippen molar-refractivity contribution >= 4 is 12.1 Å². The van der Waals surface area contributed by atoms with Crippen LogP contribution in [0.2, 0.25) is 0 Å². The minimum atomic E-state index is 0.605. The summed E-state index contributed by atoms with van der Waals surface area (Å²) in [6, 6.07) is 14.8. The summed E-state index contributed by atoms with van der Waals surface area (Å²) >= 11 is 0. The molecule has 0 fully saturated rings. The Labute approximate surface area is 113 Å². The summed E-state index contributed by atoms with van der Waals surface area (Å²) in [6.45, 7) is 2.24. The maximum absolute atomic E-state index is 10.6. The predicted molar refractivity (Wildman–Crippen MR) is 78.3 cm³/mol. The number of anilines is 1. The summed E-state index contributed by atoms with van der Waals surface area (Å²) in [4.78, 5) is 10.6. The summed E-state index contributed by atoms with van der Waals surface area (Å²) in [5.74, 6) is 0.605. The fourth-order valence-corrected chi connectivity index (χ4v) is 3.00. The predicted octanol–water partition coefficient (Wildman–Crippen LogP) is 3.97. The number of hydrogen-bond donors (Lipinski definition) is 1. The topological polar surface area (TPSA) is 29.1 Å². The fourth-order valence-electron chi connectivity index (χ4n) is 3.00. The summed E-state index contributed by atoms with van der Waals surface area (Å²) in [6.07, 6.45) is 2.97. The second-order valence-electron chi connectivity index (χ2n) is 5.03. The molecule has 2 aromatic rings. The van der Waals surface area contributed by atoms with Crippen LogP contribution in [-0.4, -0.2) is 6.41 Å². The van der Waals surface area contributed by atoms with Crippen LogP contribution in [0.25, 0.3) is 11.1 Å². The van der Waals surface area contributed by atoms with Crippen LogP contribution in [0.15, 0.2) is 42.5 Å². The molecule has 0 aliphatic heterocycles. The molecule has 2 aromatic carbocycles. The van der Waals surface area contributed by atoms with E-state index in [1.165, 1.54) is 22.3 Å². The lowest BCUT2D eigenvalue weighted by Crippen LogP contribution is -2.11. The highest BCUT2D eigenvalue weighted by Crippen LogP contribution is 2.41. The van der Waals surface area contributed by atoms with Crippen molar-refractivity contribution in [1.82, 2.24) is 0 Å². The number of rotatable bonds is 3. The second-order valence-corrected chi connectivity index (χ2v) is 5.03. The fraction of sp³-hybridized carbons (Fsp3) is 0.235. The Morgan fingerprint density at radius 1 is 1.21 bits per heavy atom. The smallest absolute Gasteiger partial charge is 0.211 e. The summed E-state index contributed by atoms with van der Waals surface area (Å²) in [5, 5.41) is 2.73. The molecular weight excluding hydrogens is 234 g/mol. The van der Waals surface area contributed by atoms with Gasteiger partial charge in [0.2, 0.25) is 6.41 Å². The third kappa shape index (κ3) is 2.03. The number of carbonyl (C=O) groups is 1. The molecule has 0 aromatic heterocycles. The van der Waals surface area contributed by atoms with E-state index in [1.807, 2.05) is 6.07 Å². The van der Waals surface area contributed by atoms with Gasteiger partial charge in [-0.25, -0.2) is 0 Å². The molecular formula is C17H17NO. The van der Waals surface area contributed by atoms with E-state index < -0.39 is 0 Å². The third-order valence-corrected chi connectivity index (χ3v) is 3.99. The van der Waals surface area contributed by atoms with Crippen LogP contribution in [-0.2, 0) is 11.2 Å². The molecule has 0 saturated carbocycles. The van der Waals surface area contributed by atoms with E-state index in [2.05, 4.69) is 48.6 Å². The van der Waals surface area contributed by atoms with Crippen LogP contribution in [0, 0.1) is 0 Å². The normalized spacial score (nSPS) is 16.4. The minimum Gasteiger partial charge on any atom is -0.329 e. The van der Waals surface area contributed by atoms with Crippen molar-refractivity contribution < 1.29 is 4.79 Å². The zero-order valence-electron chi connectivity index (χ0n) is 11.0. The first-order valence-corrected chi connectivity index (χ1v) is 6.76. The van der Waals surface area contributed by atoms with Gasteiger partial charge in [-0.2, -0.15) is 0 Å². The van der Waals surface area contributed by atoms with Crippen molar-refractivity contribution in [1.29, 1.82) is 0 Å². The van der Waals surface area contributed by atoms with E-state index in [0.717, 1.165) is 24.9 Å². The first-order valence-electron chi connectivity index (χ1n) is 6.76. The summed E-state index contributed by atoms with van der Waals surface area (Å²) in [7, 11) is 0. The highest BCUT2D eigenvalue weighted by molar-refractivity contribution is 5.80. The molecule has 96 valence electrons. The van der Waals surface area contributed by atoms with Crippen LogP contribution in [0.1, 0.15) is 30.4 Å². The number of amides is 1. The van der Waals surface area contributed by atoms with E-state index in [0.29, 0.717) is 5.92 Å². The molecule has 2 nitrogen and oxygen atoms in total. The molecule has 2 heteroatoms. The average Bonchev–Trinajstić information content (AvgIpc) is 2.47. The number of carbonyl (C=O) groups excluding carboxylic acids is 1. The standard InChI is InChI=1S/C17H17NO/c1-2-12-9-13-7-8-14(18-11-19)10-17(13)16-6-4-3-5-15(12)16/h3-8,10-12H,2,9H2,1H3,(H,18,19). The maximum Gasteiger partial charge on any atom is 0.211 e. The van der Waals surface area contributed by atoms with Gasteiger partial charge in [-0.1, -0.05) is 37.3 Å². The molecule has 1 amide bonds. The van der Waals surface area contributed by atoms with Gasteiger partial charge >= 0.3 is 0 Å². The molecule has 1 atom stereocenters. The van der Waals surface area contributed by atoms with E-state index in [4.69, 9.17) is 0 Å². The van der Waals surface area contributed by atoms with Crippen molar-refractivity contribution in [2.45, 2.75) is 25.7 Å². The van der Waals surface area contributed by atoms with Crippen LogP contribution in [0.5, 0.6) is 0 Å². The first-order chi connectivity index (χ1) is 9.33. The number of hydrogen-bond acceptors (Lipinski definition) is 1. The maximum atomic E-state index is 10.6. The Hall–Kier alpha value is -2.09. The Balaban J connectivity index is 2.15. The second kappa shape index (κ2) is 4.88. The molecule has 1 aliphatic carbocycles. The largest absolute Gasteiger partial charge is 0.329 e. The van der Waals surface area contributed by atoms with Gasteiger partial charge in [0, 0.05) is 5.69 Å². The molecule has 1 aliphatic rings. The molecule has 0 radical (unpaired) electrons. The van der Waals surface area contributed by atoms with Gasteiger partial charge in [0.05, 0.1) is 0 Å². The minimum absolute atomic E-state index is 0.605. The Bertz CT molecular complexity index is 618. The monoisotopic (exact) mass is 251 g/mol. The molecule has 0 spiro atoms. The van der Waals surface area contributed by atoms with Crippen LogP contribution in [0.4, 0.5) is 5.69 Å². The molecule has 1 unspecified atom stereocenters. The lowest BCUT2D eigenvalue weighted by molar-refractivity contribution is -0.105. The quantitative estimate of drug-likeness (QED) is 0.822. The van der Waals surface area contributed by atoms with Crippen molar-refractivity contribution in [3.63, 3.8) is 0 Å². The van der Waals surface area contributed by atoms with Crippen LogP contribution in [0.3, 0.4) is 0 Å². The Morgan fingerprint density at radius 3 is 2.84 bits per heavy atom. The van der Waals surface area contributed by atoms with Gasteiger partial charge < -0.3 is 5.32 Å². The zero-order chi connectivity index (χ0) is 13.2. The number of benzene rings is 2. The molecule has 0 saturated heterocycles. The summed E-state index contributed by atoms with van der Waals surface area (Å²) in [5.41, 5.74) is 6.23. The lowest BCUT2D eigenvalue weighted by Gasteiger charge is -2.27. The highest BCUT2D eigenvalue weighted by Gasteiger charge is 2.23. The first kappa shape index (κ1) is 12.0. The zero-order valence-corrected chi connectivity index (χ0v) is 11.0. The molecule has 3 rings (SSSR count). The summed E-state index contributed by atoms with van der Waals surface area (Å²) < 4.78 is 0. The van der Waals surface area contributed by atoms with Gasteiger partial charge in [0.15, 0.2) is 0 Å². The van der Waals surface area contributed by atoms with Crippen molar-refractivity contribution in [3.05, 3.63) is 53.6 Å². The van der Waals surface area contributed by atoms with Gasteiger partial charge in [-0.3, -0.25) is 4.79 Å². The Kier molecular flexibility index (Phi) is 3.08.